The number of anilines is 3. The Hall–Kier alpha value is -3.80. The van der Waals surface area contributed by atoms with Crippen LogP contribution in [0.4, 0.5) is 17.1 Å². The zero-order valence-corrected chi connectivity index (χ0v) is 16.2. The van der Waals surface area contributed by atoms with Gasteiger partial charge in [-0.3, -0.25) is 14.5 Å². The summed E-state index contributed by atoms with van der Waals surface area (Å²) in [5.41, 5.74) is 3.78. The normalized spacial score (nSPS) is 15.3. The van der Waals surface area contributed by atoms with Crippen molar-refractivity contribution in [2.75, 3.05) is 22.6 Å². The number of benzene rings is 3. The number of nitrogens with zero attached hydrogens (tertiary/aromatic N) is 1. The van der Waals surface area contributed by atoms with Crippen LogP contribution in [0.3, 0.4) is 0 Å². The molecule has 0 fully saturated rings. The molecule has 0 unspecified atom stereocenters. The summed E-state index contributed by atoms with van der Waals surface area (Å²) in [5.74, 6) is 0.515. The van der Waals surface area contributed by atoms with Gasteiger partial charge < -0.3 is 15.4 Å². The van der Waals surface area contributed by atoms with Gasteiger partial charge >= 0.3 is 0 Å². The fourth-order valence-electron chi connectivity index (χ4n) is 3.45. The van der Waals surface area contributed by atoms with Crippen LogP contribution < -0.4 is 20.3 Å². The number of hydrogen-bond acceptors (Lipinski definition) is 4. The lowest BCUT2D eigenvalue weighted by Crippen LogP contribution is -2.43. The van der Waals surface area contributed by atoms with Gasteiger partial charge in [-0.25, -0.2) is 0 Å². The van der Waals surface area contributed by atoms with E-state index >= 15 is 0 Å². The van der Waals surface area contributed by atoms with Crippen LogP contribution in [0.25, 0.3) is 0 Å². The number of amides is 2. The molecule has 1 aliphatic rings. The molecule has 0 bridgehead atoms. The van der Waals surface area contributed by atoms with Crippen molar-refractivity contribution in [1.82, 2.24) is 0 Å². The average Bonchev–Trinajstić information content (AvgIpc) is 2.74. The Balaban J connectivity index is 1.76. The standard InChI is InChI=1S/C23H21N3O3/c1-15(27)24-17-9-7-16(8-10-17)22-25-21-6-4-3-5-20(21)23(28)26(22)18-11-13-19(29-2)14-12-18/h3-14,22,25H,1-2H3,(H,24,27)/t22-/m1/s1. The third kappa shape index (κ3) is 3.65. The highest BCUT2D eigenvalue weighted by atomic mass is 16.5. The highest BCUT2D eigenvalue weighted by Crippen LogP contribution is 2.37. The van der Waals surface area contributed by atoms with Crippen molar-refractivity contribution in [3.8, 4) is 5.75 Å². The van der Waals surface area contributed by atoms with Crippen molar-refractivity contribution in [3.63, 3.8) is 0 Å². The van der Waals surface area contributed by atoms with Crippen molar-refractivity contribution in [3.05, 3.63) is 83.9 Å². The molecule has 1 atom stereocenters. The molecule has 0 radical (unpaired) electrons. The first-order valence-electron chi connectivity index (χ1n) is 9.27. The quantitative estimate of drug-likeness (QED) is 0.695. The molecule has 3 aromatic carbocycles. The molecule has 0 saturated heterocycles. The van der Waals surface area contributed by atoms with Crippen LogP contribution >= 0.6 is 0 Å². The molecular formula is C23H21N3O3. The van der Waals surface area contributed by atoms with Crippen LogP contribution in [0.1, 0.15) is 29.0 Å². The predicted octanol–water partition coefficient (Wildman–Crippen LogP) is 4.42. The first-order valence-corrected chi connectivity index (χ1v) is 9.27. The van der Waals surface area contributed by atoms with Gasteiger partial charge in [-0.2, -0.15) is 0 Å². The van der Waals surface area contributed by atoms with Gasteiger partial charge in [0.2, 0.25) is 5.91 Å². The molecule has 6 heteroatoms. The summed E-state index contributed by atoms with van der Waals surface area (Å²) in [6, 6.07) is 22.3. The summed E-state index contributed by atoms with van der Waals surface area (Å²) >= 11 is 0. The first kappa shape index (κ1) is 18.6. The van der Waals surface area contributed by atoms with Crippen molar-refractivity contribution < 1.29 is 14.3 Å². The maximum Gasteiger partial charge on any atom is 0.262 e. The number of fused-ring (bicyclic) bond motifs is 1. The van der Waals surface area contributed by atoms with Crippen molar-refractivity contribution in [2.24, 2.45) is 0 Å². The van der Waals surface area contributed by atoms with Crippen LogP contribution in [0, 0.1) is 0 Å². The third-order valence-electron chi connectivity index (χ3n) is 4.82. The predicted molar refractivity (Wildman–Crippen MR) is 113 cm³/mol. The Kier molecular flexibility index (Phi) is 4.91. The molecule has 0 spiro atoms. The van der Waals surface area contributed by atoms with E-state index in [1.54, 1.807) is 12.0 Å². The van der Waals surface area contributed by atoms with E-state index in [1.807, 2.05) is 72.8 Å². The largest absolute Gasteiger partial charge is 0.497 e. The molecule has 2 N–H and O–H groups in total. The number of nitrogens with one attached hydrogen (secondary N) is 2. The maximum absolute atomic E-state index is 13.4. The Morgan fingerprint density at radius 3 is 2.34 bits per heavy atom. The monoisotopic (exact) mass is 387 g/mol. The summed E-state index contributed by atoms with van der Waals surface area (Å²) < 4.78 is 5.24. The van der Waals surface area contributed by atoms with Gasteiger partial charge in [-0.05, 0) is 54.1 Å². The van der Waals surface area contributed by atoms with Crippen LogP contribution in [0.15, 0.2) is 72.8 Å². The second-order valence-electron chi connectivity index (χ2n) is 6.77. The Labute approximate surface area is 169 Å². The van der Waals surface area contributed by atoms with E-state index in [-0.39, 0.29) is 11.8 Å². The van der Waals surface area contributed by atoms with E-state index < -0.39 is 6.17 Å². The van der Waals surface area contributed by atoms with Gasteiger partial charge in [-0.15, -0.1) is 0 Å². The van der Waals surface area contributed by atoms with E-state index in [1.165, 1.54) is 6.92 Å². The van der Waals surface area contributed by atoms with E-state index in [2.05, 4.69) is 10.6 Å². The molecule has 4 rings (SSSR count). The third-order valence-corrected chi connectivity index (χ3v) is 4.82. The molecule has 1 heterocycles. The summed E-state index contributed by atoms with van der Waals surface area (Å²) in [7, 11) is 1.61. The Morgan fingerprint density at radius 2 is 1.69 bits per heavy atom. The molecule has 146 valence electrons. The Morgan fingerprint density at radius 1 is 1.00 bits per heavy atom. The number of ether oxygens (including phenoxy) is 1. The number of carbonyl (C=O) groups is 2. The number of para-hydroxylation sites is 1. The summed E-state index contributed by atoms with van der Waals surface area (Å²) in [6.45, 7) is 1.47. The maximum atomic E-state index is 13.4. The summed E-state index contributed by atoms with van der Waals surface area (Å²) in [6.07, 6.45) is -0.392. The van der Waals surface area contributed by atoms with Crippen molar-refractivity contribution in [2.45, 2.75) is 13.1 Å². The van der Waals surface area contributed by atoms with E-state index in [9.17, 15) is 9.59 Å². The number of hydrogen-bond donors (Lipinski definition) is 2. The first-order chi connectivity index (χ1) is 14.1. The zero-order valence-electron chi connectivity index (χ0n) is 16.2. The second-order valence-corrected chi connectivity index (χ2v) is 6.77. The van der Waals surface area contributed by atoms with Crippen LogP contribution in [0.5, 0.6) is 5.75 Å². The lowest BCUT2D eigenvalue weighted by molar-refractivity contribution is -0.114. The number of carbonyl (C=O) groups excluding carboxylic acids is 2. The minimum atomic E-state index is -0.392. The minimum Gasteiger partial charge on any atom is -0.497 e. The summed E-state index contributed by atoms with van der Waals surface area (Å²) in [4.78, 5) is 26.4. The lowest BCUT2D eigenvalue weighted by Gasteiger charge is -2.38. The molecule has 2 amide bonds. The van der Waals surface area contributed by atoms with Gasteiger partial charge in [0.15, 0.2) is 0 Å². The smallest absolute Gasteiger partial charge is 0.262 e. The Bertz CT molecular complexity index is 1050. The molecule has 3 aromatic rings. The fourth-order valence-corrected chi connectivity index (χ4v) is 3.45. The van der Waals surface area contributed by atoms with Gasteiger partial charge in [0, 0.05) is 24.0 Å². The van der Waals surface area contributed by atoms with Crippen LogP contribution in [-0.2, 0) is 4.79 Å². The van der Waals surface area contributed by atoms with Crippen molar-refractivity contribution in [1.29, 1.82) is 0 Å². The zero-order chi connectivity index (χ0) is 20.4. The second kappa shape index (κ2) is 7.67. The highest BCUT2D eigenvalue weighted by molar-refractivity contribution is 6.12. The number of methoxy groups -OCH3 is 1. The molecular weight excluding hydrogens is 366 g/mol. The van der Waals surface area contributed by atoms with Gasteiger partial charge in [0.05, 0.1) is 12.7 Å². The SMILES string of the molecule is COc1ccc(N2C(=O)c3ccccc3N[C@H]2c2ccc(NC(C)=O)cc2)cc1. The lowest BCUT2D eigenvalue weighted by atomic mass is 10.0. The molecule has 0 aromatic heterocycles. The molecule has 29 heavy (non-hydrogen) atoms. The molecule has 1 aliphatic heterocycles. The van der Waals surface area contributed by atoms with Crippen LogP contribution in [-0.4, -0.2) is 18.9 Å². The van der Waals surface area contributed by atoms with Gasteiger partial charge in [0.25, 0.3) is 5.91 Å². The molecule has 0 saturated carbocycles. The molecule has 0 aliphatic carbocycles. The van der Waals surface area contributed by atoms with E-state index in [4.69, 9.17) is 4.74 Å². The van der Waals surface area contributed by atoms with Crippen molar-refractivity contribution >= 4 is 28.9 Å². The van der Waals surface area contributed by atoms with Crippen LogP contribution in [0.2, 0.25) is 0 Å². The highest BCUT2D eigenvalue weighted by Gasteiger charge is 2.33. The minimum absolute atomic E-state index is 0.0829. The van der Waals surface area contributed by atoms with E-state index in [0.29, 0.717) is 11.3 Å². The average molecular weight is 387 g/mol. The number of rotatable bonds is 4. The fraction of sp³-hybridized carbons (Fsp3) is 0.130. The van der Waals surface area contributed by atoms with Gasteiger partial charge in [0.1, 0.15) is 11.9 Å². The van der Waals surface area contributed by atoms with E-state index in [0.717, 1.165) is 22.7 Å². The topological polar surface area (TPSA) is 70.7 Å². The molecule has 6 nitrogen and oxygen atoms in total. The summed E-state index contributed by atoms with van der Waals surface area (Å²) in [5, 5.41) is 6.23. The van der Waals surface area contributed by atoms with Gasteiger partial charge in [-0.1, -0.05) is 24.3 Å².